The lowest BCUT2D eigenvalue weighted by molar-refractivity contribution is -0.0859. The molecule has 3 fully saturated rings. The van der Waals surface area contributed by atoms with Crippen LogP contribution in [-0.4, -0.2) is 75.8 Å². The molecular weight excluding hydrogens is 324 g/mol. The molecule has 0 radical (unpaired) electrons. The van der Waals surface area contributed by atoms with Gasteiger partial charge in [-0.25, -0.2) is 0 Å². The van der Waals surface area contributed by atoms with Crippen LogP contribution in [0, 0.1) is 0 Å². The van der Waals surface area contributed by atoms with E-state index >= 15 is 0 Å². The van der Waals surface area contributed by atoms with Crippen LogP contribution in [-0.2, 0) is 28.4 Å². The van der Waals surface area contributed by atoms with E-state index in [4.69, 9.17) is 28.4 Å². The molecule has 6 nitrogen and oxygen atoms in total. The van der Waals surface area contributed by atoms with E-state index in [1.54, 1.807) is 0 Å². The zero-order valence-electron chi connectivity index (χ0n) is 15.9. The Morgan fingerprint density at radius 2 is 1.24 bits per heavy atom. The van der Waals surface area contributed by atoms with Gasteiger partial charge in [0.15, 0.2) is 0 Å². The molecule has 25 heavy (non-hydrogen) atoms. The van der Waals surface area contributed by atoms with E-state index in [1.807, 2.05) is 0 Å². The summed E-state index contributed by atoms with van der Waals surface area (Å²) in [6, 6.07) is 0. The number of rotatable bonds is 15. The molecule has 0 bridgehead atoms. The fourth-order valence-corrected chi connectivity index (χ4v) is 3.11. The second kappa shape index (κ2) is 9.62. The normalized spacial score (nSPS) is 32.0. The second-order valence-corrected chi connectivity index (χ2v) is 7.76. The molecule has 7 atom stereocenters. The van der Waals surface area contributed by atoms with Crippen LogP contribution < -0.4 is 0 Å². The SMILES string of the molecule is CC(CC1CO1)OCCC(COC(C)CC1CO1)OC(C)CC1CO1. The van der Waals surface area contributed by atoms with Crippen LogP contribution in [0.1, 0.15) is 46.5 Å². The summed E-state index contributed by atoms with van der Waals surface area (Å²) in [4.78, 5) is 0. The van der Waals surface area contributed by atoms with Crippen molar-refractivity contribution in [3.8, 4) is 0 Å². The number of hydrogen-bond donors (Lipinski definition) is 0. The Hall–Kier alpha value is -0.240. The van der Waals surface area contributed by atoms with Crippen LogP contribution >= 0.6 is 0 Å². The quantitative estimate of drug-likeness (QED) is 0.419. The van der Waals surface area contributed by atoms with E-state index in [0.29, 0.717) is 31.5 Å². The molecule has 0 spiro atoms. The fourth-order valence-electron chi connectivity index (χ4n) is 3.11. The van der Waals surface area contributed by atoms with Crippen molar-refractivity contribution in [2.75, 3.05) is 33.0 Å². The number of epoxide rings is 3. The van der Waals surface area contributed by atoms with Crippen LogP contribution in [0.3, 0.4) is 0 Å². The lowest BCUT2D eigenvalue weighted by Crippen LogP contribution is -2.29. The first-order valence-corrected chi connectivity index (χ1v) is 9.82. The fraction of sp³-hybridized carbons (Fsp3) is 1.00. The molecule has 146 valence electrons. The summed E-state index contributed by atoms with van der Waals surface area (Å²) in [6.45, 7) is 10.3. The first kappa shape index (κ1) is 19.5. The second-order valence-electron chi connectivity index (χ2n) is 7.76. The molecule has 3 aliphatic heterocycles. The van der Waals surface area contributed by atoms with Gasteiger partial charge in [-0.2, -0.15) is 0 Å². The van der Waals surface area contributed by atoms with Crippen LogP contribution in [0.25, 0.3) is 0 Å². The molecular formula is C19H34O6. The Balaban J connectivity index is 1.34. The van der Waals surface area contributed by atoms with Crippen molar-refractivity contribution in [3.63, 3.8) is 0 Å². The molecule has 0 aromatic heterocycles. The zero-order chi connectivity index (χ0) is 17.6. The van der Waals surface area contributed by atoms with Crippen molar-refractivity contribution in [2.24, 2.45) is 0 Å². The van der Waals surface area contributed by atoms with E-state index in [0.717, 1.165) is 45.5 Å². The Morgan fingerprint density at radius 3 is 1.76 bits per heavy atom. The van der Waals surface area contributed by atoms with Gasteiger partial charge in [0.05, 0.1) is 69.2 Å². The summed E-state index contributed by atoms with van der Waals surface area (Å²) in [5.74, 6) is 0. The summed E-state index contributed by atoms with van der Waals surface area (Å²) >= 11 is 0. The summed E-state index contributed by atoms with van der Waals surface area (Å²) in [7, 11) is 0. The summed E-state index contributed by atoms with van der Waals surface area (Å²) in [5.41, 5.74) is 0. The molecule has 0 aromatic rings. The average Bonchev–Trinajstić information content (AvgIpc) is 3.38. The van der Waals surface area contributed by atoms with Crippen molar-refractivity contribution in [1.29, 1.82) is 0 Å². The molecule has 3 aliphatic rings. The van der Waals surface area contributed by atoms with Crippen molar-refractivity contribution < 1.29 is 28.4 Å². The van der Waals surface area contributed by atoms with E-state index in [2.05, 4.69) is 20.8 Å². The first-order valence-electron chi connectivity index (χ1n) is 9.82. The lowest BCUT2D eigenvalue weighted by Gasteiger charge is -2.24. The van der Waals surface area contributed by atoms with E-state index in [9.17, 15) is 0 Å². The molecule has 3 saturated heterocycles. The number of ether oxygens (including phenoxy) is 6. The van der Waals surface area contributed by atoms with E-state index in [1.165, 1.54) is 0 Å². The van der Waals surface area contributed by atoms with Crippen molar-refractivity contribution >= 4 is 0 Å². The summed E-state index contributed by atoms with van der Waals surface area (Å²) in [6.07, 6.45) is 5.62. The standard InChI is InChI=1S/C19H34O6/c1-13(6-17-10-22-17)20-5-4-16(25-15(3)8-19-12-24-19)9-21-14(2)7-18-11-23-18/h13-19H,4-12H2,1-3H3. The minimum atomic E-state index is 0.0562. The maximum atomic E-state index is 6.21. The van der Waals surface area contributed by atoms with Gasteiger partial charge in [0, 0.05) is 25.9 Å². The van der Waals surface area contributed by atoms with Gasteiger partial charge in [-0.3, -0.25) is 0 Å². The maximum Gasteiger partial charge on any atom is 0.0834 e. The Morgan fingerprint density at radius 1 is 0.760 bits per heavy atom. The lowest BCUT2D eigenvalue weighted by atomic mass is 10.2. The van der Waals surface area contributed by atoms with Gasteiger partial charge < -0.3 is 28.4 Å². The topological polar surface area (TPSA) is 65.3 Å². The zero-order valence-corrected chi connectivity index (χ0v) is 15.9. The predicted molar refractivity (Wildman–Crippen MR) is 92.9 cm³/mol. The molecule has 0 amide bonds. The highest BCUT2D eigenvalue weighted by Crippen LogP contribution is 2.21. The monoisotopic (exact) mass is 358 g/mol. The summed E-state index contributed by atoms with van der Waals surface area (Å²) < 4.78 is 34.0. The van der Waals surface area contributed by atoms with Crippen LogP contribution in [0.5, 0.6) is 0 Å². The molecule has 3 rings (SSSR count). The van der Waals surface area contributed by atoms with Crippen LogP contribution in [0.2, 0.25) is 0 Å². The molecule has 0 saturated carbocycles. The molecule has 0 aliphatic carbocycles. The molecule has 0 N–H and O–H groups in total. The van der Waals surface area contributed by atoms with Gasteiger partial charge >= 0.3 is 0 Å². The third kappa shape index (κ3) is 8.80. The third-order valence-corrected chi connectivity index (χ3v) is 4.83. The van der Waals surface area contributed by atoms with E-state index < -0.39 is 0 Å². The minimum Gasteiger partial charge on any atom is -0.378 e. The molecule has 6 heteroatoms. The van der Waals surface area contributed by atoms with Crippen LogP contribution in [0.4, 0.5) is 0 Å². The Bertz CT molecular complexity index is 380. The maximum absolute atomic E-state index is 6.21. The van der Waals surface area contributed by atoms with Gasteiger partial charge in [0.1, 0.15) is 0 Å². The van der Waals surface area contributed by atoms with Gasteiger partial charge in [-0.05, 0) is 27.2 Å². The predicted octanol–water partition coefficient (Wildman–Crippen LogP) is 2.33. The van der Waals surface area contributed by atoms with Gasteiger partial charge in [0.2, 0.25) is 0 Å². The Labute approximate surface area is 151 Å². The smallest absolute Gasteiger partial charge is 0.0834 e. The van der Waals surface area contributed by atoms with Crippen molar-refractivity contribution in [3.05, 3.63) is 0 Å². The molecule has 3 heterocycles. The highest BCUT2D eigenvalue weighted by atomic mass is 16.6. The molecule has 7 unspecified atom stereocenters. The number of hydrogen-bond acceptors (Lipinski definition) is 6. The Kier molecular flexibility index (Phi) is 7.51. The van der Waals surface area contributed by atoms with Crippen molar-refractivity contribution in [2.45, 2.75) is 89.2 Å². The van der Waals surface area contributed by atoms with Gasteiger partial charge in [0.25, 0.3) is 0 Å². The molecule has 0 aromatic carbocycles. The largest absolute Gasteiger partial charge is 0.378 e. The van der Waals surface area contributed by atoms with Crippen LogP contribution in [0.15, 0.2) is 0 Å². The highest BCUT2D eigenvalue weighted by Gasteiger charge is 2.28. The highest BCUT2D eigenvalue weighted by molar-refractivity contribution is 4.75. The van der Waals surface area contributed by atoms with Gasteiger partial charge in [-0.15, -0.1) is 0 Å². The van der Waals surface area contributed by atoms with Crippen molar-refractivity contribution in [1.82, 2.24) is 0 Å². The third-order valence-electron chi connectivity index (χ3n) is 4.83. The van der Waals surface area contributed by atoms with E-state index in [-0.39, 0.29) is 24.4 Å². The first-order chi connectivity index (χ1) is 12.1. The summed E-state index contributed by atoms with van der Waals surface area (Å²) in [5, 5.41) is 0. The minimum absolute atomic E-state index is 0.0562. The average molecular weight is 358 g/mol. The van der Waals surface area contributed by atoms with Gasteiger partial charge in [-0.1, -0.05) is 0 Å².